The van der Waals surface area contributed by atoms with Crippen LogP contribution in [0.4, 0.5) is 0 Å². The molecule has 1 amide bonds. The molecule has 0 radical (unpaired) electrons. The zero-order chi connectivity index (χ0) is 29.7. The maximum absolute atomic E-state index is 13.4. The van der Waals surface area contributed by atoms with Gasteiger partial charge in [-0.2, -0.15) is 0 Å². The summed E-state index contributed by atoms with van der Waals surface area (Å²) in [6.45, 7) is 6.97. The first-order valence-electron chi connectivity index (χ1n) is 13.7. The molecule has 1 heterocycles. The van der Waals surface area contributed by atoms with Gasteiger partial charge >= 0.3 is 0 Å². The number of aliphatic hydroxyl groups is 1. The van der Waals surface area contributed by atoms with Crippen molar-refractivity contribution in [1.29, 1.82) is 0 Å². The Morgan fingerprint density at radius 2 is 1.68 bits per heavy atom. The number of likely N-dealkylation sites (N-methyl/N-ethyl adjacent to an activating group) is 1. The lowest BCUT2D eigenvalue weighted by molar-refractivity contribution is -0.140. The lowest BCUT2D eigenvalue weighted by Crippen LogP contribution is -2.35. The third-order valence-corrected chi connectivity index (χ3v) is 6.88. The minimum atomic E-state index is -0.800. The standard InChI is InChI=1S/C33H38N2O6/c1-21(2)41-27-15-12-24(19-28(27)39-6)30-29(32(37)33(38)35(30)17-16-34(4)5)31(36)25-13-14-26(22(3)18-25)40-20-23-10-8-7-9-11-23/h7-15,18-19,21,30,36H,16-17,20H2,1-6H3/b31-29-. The molecule has 1 aliphatic rings. The molecule has 0 aromatic heterocycles. The van der Waals surface area contributed by atoms with E-state index < -0.39 is 17.7 Å². The monoisotopic (exact) mass is 558 g/mol. The first-order valence-corrected chi connectivity index (χ1v) is 13.7. The zero-order valence-corrected chi connectivity index (χ0v) is 24.5. The van der Waals surface area contributed by atoms with Crippen LogP contribution in [0.3, 0.4) is 0 Å². The Hall–Kier alpha value is -4.30. The number of methoxy groups -OCH3 is 1. The molecule has 41 heavy (non-hydrogen) atoms. The number of rotatable bonds is 11. The fourth-order valence-electron chi connectivity index (χ4n) is 4.82. The molecule has 1 fully saturated rings. The first kappa shape index (κ1) is 29.7. The summed E-state index contributed by atoms with van der Waals surface area (Å²) in [5, 5.41) is 11.5. The van der Waals surface area contributed by atoms with Crippen LogP contribution >= 0.6 is 0 Å². The van der Waals surface area contributed by atoms with Crippen LogP contribution in [0.1, 0.15) is 42.1 Å². The van der Waals surface area contributed by atoms with Crippen molar-refractivity contribution in [2.45, 2.75) is 39.5 Å². The van der Waals surface area contributed by atoms with Gasteiger partial charge in [0, 0.05) is 18.7 Å². The lowest BCUT2D eigenvalue weighted by Gasteiger charge is -2.27. The number of nitrogens with zero attached hydrogens (tertiary/aromatic N) is 2. The van der Waals surface area contributed by atoms with Crippen molar-refractivity contribution in [1.82, 2.24) is 9.80 Å². The van der Waals surface area contributed by atoms with E-state index in [0.29, 0.717) is 48.1 Å². The molecule has 8 heteroatoms. The van der Waals surface area contributed by atoms with E-state index in [1.165, 1.54) is 4.90 Å². The Labute approximate surface area is 241 Å². The number of aliphatic hydroxyl groups excluding tert-OH is 1. The third kappa shape index (κ3) is 6.72. The van der Waals surface area contributed by atoms with E-state index in [0.717, 1.165) is 11.1 Å². The Balaban J connectivity index is 1.74. The Morgan fingerprint density at radius 3 is 2.32 bits per heavy atom. The van der Waals surface area contributed by atoms with Gasteiger partial charge < -0.3 is 29.1 Å². The van der Waals surface area contributed by atoms with Crippen LogP contribution in [0.25, 0.3) is 5.76 Å². The largest absolute Gasteiger partial charge is 0.507 e. The summed E-state index contributed by atoms with van der Waals surface area (Å²) in [7, 11) is 5.34. The minimum Gasteiger partial charge on any atom is -0.507 e. The van der Waals surface area contributed by atoms with Crippen molar-refractivity contribution in [3.63, 3.8) is 0 Å². The van der Waals surface area contributed by atoms with Crippen LogP contribution < -0.4 is 14.2 Å². The summed E-state index contributed by atoms with van der Waals surface area (Å²) in [5.74, 6) is 0.0799. The SMILES string of the molecule is COc1cc(C2/C(=C(/O)c3ccc(OCc4ccccc4)c(C)c3)C(=O)C(=O)N2CCN(C)C)ccc1OC(C)C. The molecular formula is C33H38N2O6. The van der Waals surface area contributed by atoms with Gasteiger partial charge in [0.2, 0.25) is 0 Å². The molecule has 1 N–H and O–H groups in total. The summed E-state index contributed by atoms with van der Waals surface area (Å²) >= 11 is 0. The van der Waals surface area contributed by atoms with Crippen molar-refractivity contribution in [2.75, 3.05) is 34.3 Å². The van der Waals surface area contributed by atoms with Crippen molar-refractivity contribution in [3.05, 3.63) is 94.6 Å². The van der Waals surface area contributed by atoms with Crippen LogP contribution in [0.2, 0.25) is 0 Å². The van der Waals surface area contributed by atoms with Gasteiger partial charge in [0.25, 0.3) is 11.7 Å². The van der Waals surface area contributed by atoms with Crippen LogP contribution in [0, 0.1) is 6.92 Å². The highest BCUT2D eigenvalue weighted by molar-refractivity contribution is 6.46. The van der Waals surface area contributed by atoms with Gasteiger partial charge in [-0.15, -0.1) is 0 Å². The number of amides is 1. The maximum atomic E-state index is 13.4. The molecule has 1 saturated heterocycles. The summed E-state index contributed by atoms with van der Waals surface area (Å²) in [5.41, 5.74) is 2.93. The average molecular weight is 559 g/mol. The van der Waals surface area contributed by atoms with Gasteiger partial charge in [-0.25, -0.2) is 0 Å². The smallest absolute Gasteiger partial charge is 0.295 e. The molecule has 1 unspecified atom stereocenters. The minimum absolute atomic E-state index is 0.0330. The maximum Gasteiger partial charge on any atom is 0.295 e. The fourth-order valence-corrected chi connectivity index (χ4v) is 4.82. The topological polar surface area (TPSA) is 88.5 Å². The second kappa shape index (κ2) is 12.9. The number of ether oxygens (including phenoxy) is 3. The van der Waals surface area contributed by atoms with Crippen molar-refractivity contribution >= 4 is 17.4 Å². The van der Waals surface area contributed by atoms with Gasteiger partial charge in [-0.3, -0.25) is 9.59 Å². The number of likely N-dealkylation sites (tertiary alicyclic amines) is 1. The van der Waals surface area contributed by atoms with Crippen molar-refractivity contribution in [2.24, 2.45) is 0 Å². The summed E-state index contributed by atoms with van der Waals surface area (Å²) in [6, 6.07) is 19.6. The second-order valence-electron chi connectivity index (χ2n) is 10.6. The van der Waals surface area contributed by atoms with Crippen LogP contribution in [-0.4, -0.2) is 67.0 Å². The van der Waals surface area contributed by atoms with Crippen molar-refractivity contribution < 1.29 is 28.9 Å². The van der Waals surface area contributed by atoms with E-state index in [-0.39, 0.29) is 17.4 Å². The molecule has 8 nitrogen and oxygen atoms in total. The molecule has 0 bridgehead atoms. The summed E-state index contributed by atoms with van der Waals surface area (Å²) < 4.78 is 17.4. The molecule has 0 saturated carbocycles. The van der Waals surface area contributed by atoms with E-state index in [1.54, 1.807) is 43.5 Å². The number of hydrogen-bond acceptors (Lipinski definition) is 7. The normalized spacial score (nSPS) is 16.5. The Bertz CT molecular complexity index is 1430. The number of carbonyl (C=O) groups is 2. The van der Waals surface area contributed by atoms with Crippen LogP contribution in [0.5, 0.6) is 17.2 Å². The van der Waals surface area contributed by atoms with Gasteiger partial charge in [0.05, 0.1) is 24.8 Å². The number of benzene rings is 3. The molecule has 216 valence electrons. The summed E-state index contributed by atoms with van der Waals surface area (Å²) in [4.78, 5) is 30.2. The molecule has 1 aliphatic heterocycles. The lowest BCUT2D eigenvalue weighted by atomic mass is 9.94. The molecule has 4 rings (SSSR count). The van der Waals surface area contributed by atoms with Crippen molar-refractivity contribution in [3.8, 4) is 17.2 Å². The van der Waals surface area contributed by atoms with Crippen LogP contribution in [0.15, 0.2) is 72.3 Å². The molecule has 0 aliphatic carbocycles. The molecule has 0 spiro atoms. The highest BCUT2D eigenvalue weighted by Crippen LogP contribution is 2.42. The average Bonchev–Trinajstić information content (AvgIpc) is 3.20. The molecular weight excluding hydrogens is 520 g/mol. The fraction of sp³-hybridized carbons (Fsp3) is 0.333. The van der Waals surface area contributed by atoms with E-state index in [1.807, 2.05) is 70.1 Å². The molecule has 3 aromatic rings. The highest BCUT2D eigenvalue weighted by Gasteiger charge is 2.46. The number of Topliss-reactive ketones (excluding diaryl/α,β-unsaturated/α-hetero) is 1. The predicted octanol–water partition coefficient (Wildman–Crippen LogP) is 5.35. The second-order valence-corrected chi connectivity index (χ2v) is 10.6. The Morgan fingerprint density at radius 1 is 0.976 bits per heavy atom. The van der Waals surface area contributed by atoms with E-state index in [2.05, 4.69) is 0 Å². The zero-order valence-electron chi connectivity index (χ0n) is 24.5. The van der Waals surface area contributed by atoms with Gasteiger partial charge in [-0.05, 0) is 81.9 Å². The van der Waals surface area contributed by atoms with Gasteiger partial charge in [-0.1, -0.05) is 36.4 Å². The summed E-state index contributed by atoms with van der Waals surface area (Å²) in [6.07, 6.45) is -0.0663. The number of ketones is 1. The predicted molar refractivity (Wildman–Crippen MR) is 158 cm³/mol. The van der Waals surface area contributed by atoms with E-state index >= 15 is 0 Å². The van der Waals surface area contributed by atoms with Gasteiger partial charge in [0.15, 0.2) is 11.5 Å². The van der Waals surface area contributed by atoms with E-state index in [4.69, 9.17) is 14.2 Å². The van der Waals surface area contributed by atoms with Crippen LogP contribution in [-0.2, 0) is 16.2 Å². The number of hydrogen-bond donors (Lipinski definition) is 1. The highest BCUT2D eigenvalue weighted by atomic mass is 16.5. The number of carbonyl (C=O) groups excluding carboxylic acids is 2. The molecule has 3 aromatic carbocycles. The number of aryl methyl sites for hydroxylation is 1. The Kier molecular flexibility index (Phi) is 9.35. The third-order valence-electron chi connectivity index (χ3n) is 6.88. The van der Waals surface area contributed by atoms with Gasteiger partial charge in [0.1, 0.15) is 18.1 Å². The molecule has 1 atom stereocenters. The quantitative estimate of drug-likeness (QED) is 0.193. The van der Waals surface area contributed by atoms with E-state index in [9.17, 15) is 14.7 Å². The first-order chi connectivity index (χ1) is 19.6.